The van der Waals surface area contributed by atoms with Crippen molar-refractivity contribution >= 4 is 5.82 Å². The lowest BCUT2D eigenvalue weighted by molar-refractivity contribution is 0.799. The lowest BCUT2D eigenvalue weighted by atomic mass is 10.2. The summed E-state index contributed by atoms with van der Waals surface area (Å²) in [6.45, 7) is 3.93. The van der Waals surface area contributed by atoms with Crippen molar-refractivity contribution in [2.75, 3.05) is 25.5 Å². The summed E-state index contributed by atoms with van der Waals surface area (Å²) in [5, 5.41) is 3.20. The van der Waals surface area contributed by atoms with E-state index in [0.717, 1.165) is 43.1 Å². The van der Waals surface area contributed by atoms with Crippen LogP contribution in [-0.2, 0) is 19.4 Å². The molecule has 112 valence electrons. The van der Waals surface area contributed by atoms with Crippen molar-refractivity contribution in [3.8, 4) is 0 Å². The smallest absolute Gasteiger partial charge is 0.128 e. The van der Waals surface area contributed by atoms with Gasteiger partial charge in [-0.15, -0.1) is 0 Å². The van der Waals surface area contributed by atoms with Gasteiger partial charge in [0, 0.05) is 44.1 Å². The van der Waals surface area contributed by atoms with E-state index in [2.05, 4.69) is 47.4 Å². The Kier molecular flexibility index (Phi) is 5.69. The van der Waals surface area contributed by atoms with E-state index in [1.54, 1.807) is 0 Å². The quantitative estimate of drug-likeness (QED) is 0.848. The Morgan fingerprint density at radius 3 is 2.71 bits per heavy atom. The van der Waals surface area contributed by atoms with Crippen LogP contribution in [0.25, 0.3) is 0 Å². The number of hydrogen-bond donors (Lipinski definition) is 1. The molecule has 0 radical (unpaired) electrons. The molecule has 0 unspecified atom stereocenters. The molecule has 0 bridgehead atoms. The molecule has 2 aromatic rings. The second-order valence-electron chi connectivity index (χ2n) is 5.20. The first-order valence-electron chi connectivity index (χ1n) is 7.48. The van der Waals surface area contributed by atoms with Crippen LogP contribution in [0.15, 0.2) is 36.5 Å². The largest absolute Gasteiger partial charge is 0.359 e. The molecular formula is C17H24N4. The Labute approximate surface area is 127 Å². The summed E-state index contributed by atoms with van der Waals surface area (Å²) >= 11 is 0. The van der Waals surface area contributed by atoms with E-state index in [-0.39, 0.29) is 0 Å². The maximum absolute atomic E-state index is 4.72. The Balaban J connectivity index is 2.07. The molecule has 0 aliphatic heterocycles. The van der Waals surface area contributed by atoms with Crippen LogP contribution in [0.1, 0.15) is 23.9 Å². The van der Waals surface area contributed by atoms with Crippen LogP contribution < -0.4 is 10.2 Å². The Morgan fingerprint density at radius 2 is 2.05 bits per heavy atom. The third kappa shape index (κ3) is 4.53. The van der Waals surface area contributed by atoms with Crippen molar-refractivity contribution in [3.05, 3.63) is 53.5 Å². The highest BCUT2D eigenvalue weighted by Crippen LogP contribution is 2.15. The Morgan fingerprint density at radius 1 is 1.19 bits per heavy atom. The standard InChI is InChI=1S/C17H24N4/c1-4-15-11-14(13-18-2)12-17(20-15)21(3)10-8-16-7-5-6-9-19-16/h5-7,9,11-12,18H,4,8,10,13H2,1-3H3. The number of rotatable bonds is 7. The molecule has 2 aromatic heterocycles. The molecule has 0 saturated heterocycles. The molecule has 0 aromatic carbocycles. The zero-order chi connectivity index (χ0) is 15.1. The number of nitrogens with zero attached hydrogens (tertiary/aromatic N) is 3. The molecule has 0 aliphatic carbocycles. The topological polar surface area (TPSA) is 41.0 Å². The van der Waals surface area contributed by atoms with Gasteiger partial charge in [-0.3, -0.25) is 4.98 Å². The van der Waals surface area contributed by atoms with E-state index in [9.17, 15) is 0 Å². The monoisotopic (exact) mass is 284 g/mol. The SMILES string of the molecule is CCc1cc(CNC)cc(N(C)CCc2ccccn2)n1. The van der Waals surface area contributed by atoms with Gasteiger partial charge < -0.3 is 10.2 Å². The number of nitrogens with one attached hydrogen (secondary N) is 1. The lowest BCUT2D eigenvalue weighted by Gasteiger charge is -2.19. The molecule has 0 spiro atoms. The van der Waals surface area contributed by atoms with Gasteiger partial charge in [0.25, 0.3) is 0 Å². The minimum atomic E-state index is 0.872. The second kappa shape index (κ2) is 7.74. The van der Waals surface area contributed by atoms with Gasteiger partial charge in [0.05, 0.1) is 0 Å². The molecule has 21 heavy (non-hydrogen) atoms. The number of hydrogen-bond acceptors (Lipinski definition) is 4. The van der Waals surface area contributed by atoms with E-state index in [1.807, 2.05) is 25.4 Å². The van der Waals surface area contributed by atoms with Crippen LogP contribution in [0.4, 0.5) is 5.82 Å². The van der Waals surface area contributed by atoms with Gasteiger partial charge in [0.15, 0.2) is 0 Å². The summed E-state index contributed by atoms with van der Waals surface area (Å²) in [7, 11) is 4.06. The van der Waals surface area contributed by atoms with E-state index < -0.39 is 0 Å². The zero-order valence-corrected chi connectivity index (χ0v) is 13.1. The van der Waals surface area contributed by atoms with Gasteiger partial charge in [-0.2, -0.15) is 0 Å². The minimum absolute atomic E-state index is 0.872. The number of anilines is 1. The highest BCUT2D eigenvalue weighted by molar-refractivity contribution is 5.42. The predicted molar refractivity (Wildman–Crippen MR) is 87.6 cm³/mol. The predicted octanol–water partition coefficient (Wildman–Crippen LogP) is 2.44. The van der Waals surface area contributed by atoms with Crippen molar-refractivity contribution < 1.29 is 0 Å². The first-order chi connectivity index (χ1) is 10.2. The molecule has 2 heterocycles. The summed E-state index contributed by atoms with van der Waals surface area (Å²) in [6, 6.07) is 10.4. The van der Waals surface area contributed by atoms with Crippen LogP contribution in [-0.4, -0.2) is 30.6 Å². The van der Waals surface area contributed by atoms with Crippen molar-refractivity contribution in [1.82, 2.24) is 15.3 Å². The van der Waals surface area contributed by atoms with Crippen molar-refractivity contribution in [1.29, 1.82) is 0 Å². The average molecular weight is 284 g/mol. The number of pyridine rings is 2. The summed E-state index contributed by atoms with van der Waals surface area (Å²) in [6.07, 6.45) is 3.73. The highest BCUT2D eigenvalue weighted by atomic mass is 15.2. The Hall–Kier alpha value is -1.94. The molecule has 0 saturated carbocycles. The van der Waals surface area contributed by atoms with Crippen molar-refractivity contribution in [2.45, 2.75) is 26.3 Å². The summed E-state index contributed by atoms with van der Waals surface area (Å²) < 4.78 is 0. The molecular weight excluding hydrogens is 260 g/mol. The summed E-state index contributed by atoms with van der Waals surface area (Å²) in [5.74, 6) is 1.04. The Bertz CT molecular complexity index is 554. The third-order valence-electron chi connectivity index (χ3n) is 3.49. The first-order valence-corrected chi connectivity index (χ1v) is 7.48. The number of aromatic nitrogens is 2. The molecule has 0 atom stereocenters. The second-order valence-corrected chi connectivity index (χ2v) is 5.20. The van der Waals surface area contributed by atoms with Crippen LogP contribution in [0.5, 0.6) is 0 Å². The van der Waals surface area contributed by atoms with Crippen LogP contribution >= 0.6 is 0 Å². The van der Waals surface area contributed by atoms with Gasteiger partial charge in [-0.1, -0.05) is 13.0 Å². The third-order valence-corrected chi connectivity index (χ3v) is 3.49. The summed E-state index contributed by atoms with van der Waals surface area (Å²) in [5.41, 5.74) is 3.54. The molecule has 2 rings (SSSR count). The fraction of sp³-hybridized carbons (Fsp3) is 0.412. The fourth-order valence-corrected chi connectivity index (χ4v) is 2.26. The van der Waals surface area contributed by atoms with Crippen LogP contribution in [0, 0.1) is 0 Å². The van der Waals surface area contributed by atoms with Crippen molar-refractivity contribution in [2.24, 2.45) is 0 Å². The summed E-state index contributed by atoms with van der Waals surface area (Å²) in [4.78, 5) is 11.3. The molecule has 0 amide bonds. The van der Waals surface area contributed by atoms with E-state index in [0.29, 0.717) is 0 Å². The minimum Gasteiger partial charge on any atom is -0.359 e. The van der Waals surface area contributed by atoms with Gasteiger partial charge in [0.2, 0.25) is 0 Å². The maximum atomic E-state index is 4.72. The maximum Gasteiger partial charge on any atom is 0.128 e. The number of likely N-dealkylation sites (N-methyl/N-ethyl adjacent to an activating group) is 1. The van der Waals surface area contributed by atoms with Gasteiger partial charge >= 0.3 is 0 Å². The molecule has 0 fully saturated rings. The molecule has 1 N–H and O–H groups in total. The molecule has 0 aliphatic rings. The van der Waals surface area contributed by atoms with E-state index in [1.165, 1.54) is 5.56 Å². The van der Waals surface area contributed by atoms with Crippen LogP contribution in [0.3, 0.4) is 0 Å². The highest BCUT2D eigenvalue weighted by Gasteiger charge is 2.07. The van der Waals surface area contributed by atoms with Crippen LogP contribution in [0.2, 0.25) is 0 Å². The van der Waals surface area contributed by atoms with E-state index in [4.69, 9.17) is 4.98 Å². The van der Waals surface area contributed by atoms with Crippen molar-refractivity contribution in [3.63, 3.8) is 0 Å². The zero-order valence-electron chi connectivity index (χ0n) is 13.1. The van der Waals surface area contributed by atoms with Gasteiger partial charge in [0.1, 0.15) is 5.82 Å². The lowest BCUT2D eigenvalue weighted by Crippen LogP contribution is -2.22. The normalized spacial score (nSPS) is 10.6. The van der Waals surface area contributed by atoms with Gasteiger partial charge in [-0.05, 0) is 43.3 Å². The number of aryl methyl sites for hydroxylation is 1. The van der Waals surface area contributed by atoms with E-state index >= 15 is 0 Å². The molecule has 4 nitrogen and oxygen atoms in total. The first kappa shape index (κ1) is 15.4. The van der Waals surface area contributed by atoms with Gasteiger partial charge in [-0.25, -0.2) is 4.98 Å². The fourth-order valence-electron chi connectivity index (χ4n) is 2.26. The molecule has 4 heteroatoms. The average Bonchev–Trinajstić information content (AvgIpc) is 2.53.